The molecule has 0 aliphatic carbocycles. The molecule has 0 atom stereocenters. The van der Waals surface area contributed by atoms with Gasteiger partial charge in [0.05, 0.1) is 17.2 Å². The summed E-state index contributed by atoms with van der Waals surface area (Å²) in [6.45, 7) is 12.4. The molecule has 0 saturated heterocycles. The van der Waals surface area contributed by atoms with Crippen LogP contribution in [0.5, 0.6) is 0 Å². The lowest BCUT2D eigenvalue weighted by Crippen LogP contribution is -2.11. The zero-order chi connectivity index (χ0) is 11.3. The van der Waals surface area contributed by atoms with Gasteiger partial charge >= 0.3 is 0 Å². The first-order chi connectivity index (χ1) is 7.19. The van der Waals surface area contributed by atoms with E-state index in [9.17, 15) is 0 Å². The van der Waals surface area contributed by atoms with Crippen LogP contribution in [0.4, 0.5) is 0 Å². The van der Waals surface area contributed by atoms with E-state index in [2.05, 4.69) is 23.8 Å². The largest absolute Gasteiger partial charge is 0.493 e. The summed E-state index contributed by atoms with van der Waals surface area (Å²) in [6.07, 6.45) is 0. The monoisotopic (exact) mass is 226 g/mol. The first-order valence-electron chi connectivity index (χ1n) is 5.18. The number of hydrogen-bond acceptors (Lipinski definition) is 4. The molecule has 1 aromatic heterocycles. The Labute approximate surface area is 95.2 Å². The van der Waals surface area contributed by atoms with E-state index in [1.54, 1.807) is 11.3 Å². The smallest absolute Gasteiger partial charge is 0.131 e. The molecule has 0 fully saturated rings. The van der Waals surface area contributed by atoms with Crippen LogP contribution in [-0.2, 0) is 11.3 Å². The van der Waals surface area contributed by atoms with E-state index in [1.807, 2.05) is 13.8 Å². The van der Waals surface area contributed by atoms with E-state index >= 15 is 0 Å². The Balaban J connectivity index is 2.72. The molecule has 0 saturated carbocycles. The summed E-state index contributed by atoms with van der Waals surface area (Å²) in [4.78, 5) is 5.53. The fraction of sp³-hybridized carbons (Fsp3) is 0.545. The zero-order valence-electron chi connectivity index (χ0n) is 9.59. The van der Waals surface area contributed by atoms with Crippen LogP contribution in [0.1, 0.15) is 29.4 Å². The molecule has 1 aromatic rings. The summed E-state index contributed by atoms with van der Waals surface area (Å²) in [7, 11) is 0. The number of aromatic nitrogens is 1. The molecule has 3 nitrogen and oxygen atoms in total. The minimum Gasteiger partial charge on any atom is -0.493 e. The van der Waals surface area contributed by atoms with Crippen molar-refractivity contribution in [3.63, 3.8) is 0 Å². The van der Waals surface area contributed by atoms with Crippen molar-refractivity contribution < 1.29 is 4.74 Å². The Morgan fingerprint density at radius 2 is 2.27 bits per heavy atom. The Morgan fingerprint density at radius 1 is 1.53 bits per heavy atom. The third-order valence-corrected chi connectivity index (χ3v) is 3.14. The Bertz CT molecular complexity index is 333. The molecule has 0 radical (unpaired) electrons. The average Bonchev–Trinajstić information content (AvgIpc) is 2.57. The highest BCUT2D eigenvalue weighted by atomic mass is 32.1. The second kappa shape index (κ2) is 5.88. The van der Waals surface area contributed by atoms with E-state index in [0.29, 0.717) is 6.61 Å². The average molecular weight is 226 g/mol. The summed E-state index contributed by atoms with van der Waals surface area (Å²) in [5, 5.41) is 4.34. The maximum absolute atomic E-state index is 5.38. The molecule has 0 aromatic carbocycles. The Kier molecular flexibility index (Phi) is 4.78. The third kappa shape index (κ3) is 3.32. The number of nitrogens with zero attached hydrogens (tertiary/aromatic N) is 1. The fourth-order valence-electron chi connectivity index (χ4n) is 1.26. The van der Waals surface area contributed by atoms with E-state index in [-0.39, 0.29) is 0 Å². The van der Waals surface area contributed by atoms with Crippen molar-refractivity contribution in [3.05, 3.63) is 22.2 Å². The highest BCUT2D eigenvalue weighted by molar-refractivity contribution is 7.12. The summed E-state index contributed by atoms with van der Waals surface area (Å²) >= 11 is 1.65. The van der Waals surface area contributed by atoms with Crippen molar-refractivity contribution in [2.24, 2.45) is 0 Å². The van der Waals surface area contributed by atoms with E-state index in [4.69, 9.17) is 4.74 Å². The maximum atomic E-state index is 5.38. The summed E-state index contributed by atoms with van der Waals surface area (Å²) < 4.78 is 5.38. The van der Waals surface area contributed by atoms with Gasteiger partial charge in [-0.1, -0.05) is 13.5 Å². The quantitative estimate of drug-likeness (QED) is 0.757. The first-order valence-corrected chi connectivity index (χ1v) is 5.99. The zero-order valence-corrected chi connectivity index (χ0v) is 10.4. The van der Waals surface area contributed by atoms with Crippen molar-refractivity contribution in [2.75, 3.05) is 13.2 Å². The van der Waals surface area contributed by atoms with Gasteiger partial charge in [-0.05, 0) is 20.4 Å². The number of hydrogen-bond donors (Lipinski definition) is 1. The summed E-state index contributed by atoms with van der Waals surface area (Å²) in [6, 6.07) is 0. The molecule has 0 aliphatic heterocycles. The molecule has 0 amide bonds. The number of thiazole rings is 1. The predicted octanol–water partition coefficient (Wildman–Crippen LogP) is 2.57. The minimum atomic E-state index is 0.652. The summed E-state index contributed by atoms with van der Waals surface area (Å²) in [5.74, 6) is 0.732. The second-order valence-corrected chi connectivity index (χ2v) is 4.24. The lowest BCUT2D eigenvalue weighted by atomic mass is 10.3. The lowest BCUT2D eigenvalue weighted by molar-refractivity contribution is 0.300. The molecule has 4 heteroatoms. The maximum Gasteiger partial charge on any atom is 0.131 e. The van der Waals surface area contributed by atoms with Crippen LogP contribution >= 0.6 is 11.3 Å². The molecule has 0 spiro atoms. The molecule has 15 heavy (non-hydrogen) atoms. The van der Waals surface area contributed by atoms with Gasteiger partial charge in [0.1, 0.15) is 10.8 Å². The molecular formula is C11H18N2OS. The molecule has 0 aliphatic rings. The Hall–Kier alpha value is -0.870. The first kappa shape index (κ1) is 12.2. The molecule has 84 valence electrons. The van der Waals surface area contributed by atoms with Crippen LogP contribution in [0, 0.1) is 6.92 Å². The third-order valence-electron chi connectivity index (χ3n) is 1.94. The topological polar surface area (TPSA) is 34.1 Å². The number of ether oxygens (including phenoxy) is 1. The van der Waals surface area contributed by atoms with Gasteiger partial charge in [-0.3, -0.25) is 0 Å². The van der Waals surface area contributed by atoms with Gasteiger partial charge in [0, 0.05) is 6.54 Å². The van der Waals surface area contributed by atoms with E-state index in [1.165, 1.54) is 0 Å². The summed E-state index contributed by atoms with van der Waals surface area (Å²) in [5.41, 5.74) is 1.01. The van der Waals surface area contributed by atoms with E-state index in [0.717, 1.165) is 34.4 Å². The van der Waals surface area contributed by atoms with Gasteiger partial charge in [0.25, 0.3) is 0 Å². The van der Waals surface area contributed by atoms with Crippen LogP contribution in [0.2, 0.25) is 0 Å². The molecular weight excluding hydrogens is 208 g/mol. The molecule has 1 heterocycles. The van der Waals surface area contributed by atoms with Crippen molar-refractivity contribution in [1.29, 1.82) is 0 Å². The van der Waals surface area contributed by atoms with Gasteiger partial charge in [-0.15, -0.1) is 11.3 Å². The fourth-order valence-corrected chi connectivity index (χ4v) is 2.22. The lowest BCUT2D eigenvalue weighted by Gasteiger charge is -2.03. The van der Waals surface area contributed by atoms with Gasteiger partial charge < -0.3 is 10.1 Å². The van der Waals surface area contributed by atoms with Crippen LogP contribution in [-0.4, -0.2) is 18.1 Å². The van der Waals surface area contributed by atoms with Crippen molar-refractivity contribution in [2.45, 2.75) is 27.3 Å². The van der Waals surface area contributed by atoms with Gasteiger partial charge in [0.2, 0.25) is 0 Å². The minimum absolute atomic E-state index is 0.652. The Morgan fingerprint density at radius 3 is 2.87 bits per heavy atom. The van der Waals surface area contributed by atoms with E-state index < -0.39 is 0 Å². The van der Waals surface area contributed by atoms with Gasteiger partial charge in [-0.2, -0.15) is 0 Å². The molecule has 1 N–H and O–H groups in total. The van der Waals surface area contributed by atoms with Crippen LogP contribution in [0.25, 0.3) is 5.76 Å². The molecule has 1 rings (SSSR count). The highest BCUT2D eigenvalue weighted by Gasteiger charge is 2.10. The van der Waals surface area contributed by atoms with Crippen LogP contribution < -0.4 is 5.32 Å². The standard InChI is InChI=1S/C11H18N2OS/c1-5-12-7-10-13-8(3)11(15-10)9(4)14-6-2/h12H,4-7H2,1-3H3. The molecule has 0 unspecified atom stereocenters. The van der Waals surface area contributed by atoms with Crippen LogP contribution in [0.15, 0.2) is 6.58 Å². The second-order valence-electron chi connectivity index (χ2n) is 3.16. The SMILES string of the molecule is C=C(OCC)c1sc(CNCC)nc1C. The van der Waals surface area contributed by atoms with Crippen molar-refractivity contribution in [1.82, 2.24) is 10.3 Å². The number of rotatable bonds is 6. The van der Waals surface area contributed by atoms with Gasteiger partial charge in [0.15, 0.2) is 0 Å². The van der Waals surface area contributed by atoms with Crippen LogP contribution in [0.3, 0.4) is 0 Å². The molecule has 0 bridgehead atoms. The van der Waals surface area contributed by atoms with Crippen molar-refractivity contribution >= 4 is 17.1 Å². The predicted molar refractivity (Wildman–Crippen MR) is 64.9 cm³/mol. The normalized spacial score (nSPS) is 10.3. The van der Waals surface area contributed by atoms with Crippen molar-refractivity contribution in [3.8, 4) is 0 Å². The number of aryl methyl sites for hydroxylation is 1. The highest BCUT2D eigenvalue weighted by Crippen LogP contribution is 2.25. The number of nitrogens with one attached hydrogen (secondary N) is 1. The van der Waals surface area contributed by atoms with Gasteiger partial charge in [-0.25, -0.2) is 4.98 Å².